The van der Waals surface area contributed by atoms with Gasteiger partial charge < -0.3 is 15.7 Å². The van der Waals surface area contributed by atoms with Crippen LogP contribution in [0.1, 0.15) is 21.5 Å². The molecule has 3 aromatic carbocycles. The molecular weight excluding hydrogens is 472 g/mol. The average molecular weight is 493 g/mol. The predicted molar refractivity (Wildman–Crippen MR) is 126 cm³/mol. The fourth-order valence-electron chi connectivity index (χ4n) is 2.99. The minimum Gasteiger partial charge on any atom is -0.480 e. The molecule has 0 spiro atoms. The van der Waals surface area contributed by atoms with Crippen molar-refractivity contribution >= 4 is 39.8 Å². The first kappa shape index (κ1) is 23.0. The third-order valence-electron chi connectivity index (χ3n) is 4.57. The zero-order valence-corrected chi connectivity index (χ0v) is 18.6. The lowest BCUT2D eigenvalue weighted by molar-refractivity contribution is -0.141. The standard InChI is InChI=1S/C25H21BrN2O4/c26-20-13-7-10-18(14-20)16-21(27-23(29)19-11-5-2-6-12-19)24(30)28-22(25(31)32)15-17-8-3-1-4-9-17/h1-14,16,22H,15H2,(H,27,29)(H,28,30)(H,31,32). The topological polar surface area (TPSA) is 95.5 Å². The van der Waals surface area contributed by atoms with Gasteiger partial charge in [-0.2, -0.15) is 0 Å². The molecule has 0 aliphatic rings. The van der Waals surface area contributed by atoms with Gasteiger partial charge >= 0.3 is 5.97 Å². The summed E-state index contributed by atoms with van der Waals surface area (Å²) in [5.74, 6) is -2.34. The van der Waals surface area contributed by atoms with E-state index in [1.54, 1.807) is 72.8 Å². The molecule has 3 rings (SSSR count). The van der Waals surface area contributed by atoms with Crippen LogP contribution < -0.4 is 10.6 Å². The van der Waals surface area contributed by atoms with E-state index in [1.807, 2.05) is 12.1 Å². The van der Waals surface area contributed by atoms with Crippen LogP contribution in [-0.2, 0) is 16.0 Å². The van der Waals surface area contributed by atoms with Gasteiger partial charge in [0.1, 0.15) is 11.7 Å². The molecule has 0 aliphatic heterocycles. The Hall–Kier alpha value is -3.71. The normalized spacial score (nSPS) is 12.0. The maximum Gasteiger partial charge on any atom is 0.326 e. The van der Waals surface area contributed by atoms with E-state index in [9.17, 15) is 19.5 Å². The fraction of sp³-hybridized carbons (Fsp3) is 0.0800. The lowest BCUT2D eigenvalue weighted by atomic mass is 10.1. The quantitative estimate of drug-likeness (QED) is 0.413. The second-order valence-electron chi connectivity index (χ2n) is 6.99. The number of rotatable bonds is 8. The number of hydrogen-bond acceptors (Lipinski definition) is 3. The smallest absolute Gasteiger partial charge is 0.326 e. The zero-order chi connectivity index (χ0) is 22.9. The Kier molecular flexibility index (Phi) is 7.94. The Morgan fingerprint density at radius 3 is 2.19 bits per heavy atom. The van der Waals surface area contributed by atoms with Gasteiger partial charge in [0.2, 0.25) is 0 Å². The minimum atomic E-state index is -1.17. The van der Waals surface area contributed by atoms with E-state index in [4.69, 9.17) is 0 Å². The maximum absolute atomic E-state index is 13.0. The molecule has 0 aromatic heterocycles. The molecule has 0 radical (unpaired) electrons. The van der Waals surface area contributed by atoms with Crippen molar-refractivity contribution in [3.63, 3.8) is 0 Å². The molecule has 2 amide bonds. The molecule has 6 nitrogen and oxygen atoms in total. The van der Waals surface area contributed by atoms with Gasteiger partial charge in [0.25, 0.3) is 11.8 Å². The Morgan fingerprint density at radius 1 is 0.906 bits per heavy atom. The monoisotopic (exact) mass is 492 g/mol. The molecule has 7 heteroatoms. The van der Waals surface area contributed by atoms with Crippen LogP contribution in [0.3, 0.4) is 0 Å². The van der Waals surface area contributed by atoms with Crippen LogP contribution in [0, 0.1) is 0 Å². The van der Waals surface area contributed by atoms with Crippen LogP contribution in [0.25, 0.3) is 6.08 Å². The number of amides is 2. The summed E-state index contributed by atoms with van der Waals surface area (Å²) >= 11 is 3.38. The van der Waals surface area contributed by atoms with Gasteiger partial charge in [0, 0.05) is 16.5 Å². The Balaban J connectivity index is 1.86. The van der Waals surface area contributed by atoms with Crippen LogP contribution in [0.5, 0.6) is 0 Å². The second-order valence-corrected chi connectivity index (χ2v) is 7.90. The van der Waals surface area contributed by atoms with Crippen LogP contribution >= 0.6 is 15.9 Å². The largest absolute Gasteiger partial charge is 0.480 e. The lowest BCUT2D eigenvalue weighted by Crippen LogP contribution is -2.45. The van der Waals surface area contributed by atoms with Gasteiger partial charge in [0.15, 0.2) is 0 Å². The Labute approximate surface area is 194 Å². The molecule has 0 heterocycles. The van der Waals surface area contributed by atoms with Crippen molar-refractivity contribution in [2.45, 2.75) is 12.5 Å². The summed E-state index contributed by atoms with van der Waals surface area (Å²) in [6, 6.07) is 23.5. The number of nitrogens with one attached hydrogen (secondary N) is 2. The third-order valence-corrected chi connectivity index (χ3v) is 5.07. The number of carbonyl (C=O) groups excluding carboxylic acids is 2. The summed E-state index contributed by atoms with van der Waals surface area (Å²) in [4.78, 5) is 37.5. The third kappa shape index (κ3) is 6.65. The average Bonchev–Trinajstić information content (AvgIpc) is 2.79. The van der Waals surface area contributed by atoms with Crippen molar-refractivity contribution < 1.29 is 19.5 Å². The molecule has 0 aliphatic carbocycles. The van der Waals surface area contributed by atoms with Crippen molar-refractivity contribution in [3.05, 3.63) is 112 Å². The van der Waals surface area contributed by atoms with E-state index in [2.05, 4.69) is 26.6 Å². The van der Waals surface area contributed by atoms with Crippen molar-refractivity contribution in [3.8, 4) is 0 Å². The van der Waals surface area contributed by atoms with Crippen molar-refractivity contribution in [2.75, 3.05) is 0 Å². The number of halogens is 1. The van der Waals surface area contributed by atoms with Gasteiger partial charge in [0.05, 0.1) is 0 Å². The highest BCUT2D eigenvalue weighted by Gasteiger charge is 2.23. The van der Waals surface area contributed by atoms with E-state index in [0.717, 1.165) is 10.0 Å². The minimum absolute atomic E-state index is 0.0590. The van der Waals surface area contributed by atoms with Crippen molar-refractivity contribution in [1.82, 2.24) is 10.6 Å². The van der Waals surface area contributed by atoms with E-state index < -0.39 is 23.8 Å². The fourth-order valence-corrected chi connectivity index (χ4v) is 3.41. The number of aliphatic carboxylic acids is 1. The Bertz CT molecular complexity index is 1130. The molecule has 32 heavy (non-hydrogen) atoms. The molecule has 3 N–H and O–H groups in total. The predicted octanol–water partition coefficient (Wildman–Crippen LogP) is 4.03. The second kappa shape index (κ2) is 11.1. The molecule has 1 atom stereocenters. The summed E-state index contributed by atoms with van der Waals surface area (Å²) in [7, 11) is 0. The summed E-state index contributed by atoms with van der Waals surface area (Å²) in [5, 5.41) is 14.8. The molecule has 0 fully saturated rings. The lowest BCUT2D eigenvalue weighted by Gasteiger charge is -2.17. The van der Waals surface area contributed by atoms with E-state index in [0.29, 0.717) is 11.1 Å². The number of benzene rings is 3. The van der Waals surface area contributed by atoms with Gasteiger partial charge in [-0.05, 0) is 41.5 Å². The zero-order valence-electron chi connectivity index (χ0n) is 17.0. The molecular formula is C25H21BrN2O4. The van der Waals surface area contributed by atoms with Crippen LogP contribution in [0.4, 0.5) is 0 Å². The highest BCUT2D eigenvalue weighted by molar-refractivity contribution is 9.10. The van der Waals surface area contributed by atoms with E-state index >= 15 is 0 Å². The van der Waals surface area contributed by atoms with Crippen LogP contribution in [0.2, 0.25) is 0 Å². The molecule has 0 bridgehead atoms. The highest BCUT2D eigenvalue weighted by atomic mass is 79.9. The highest BCUT2D eigenvalue weighted by Crippen LogP contribution is 2.15. The number of carboxylic acid groups (broad SMARTS) is 1. The first-order valence-electron chi connectivity index (χ1n) is 9.83. The number of hydrogen-bond donors (Lipinski definition) is 3. The molecule has 0 saturated carbocycles. The molecule has 1 unspecified atom stereocenters. The molecule has 0 saturated heterocycles. The van der Waals surface area contributed by atoms with E-state index in [1.165, 1.54) is 6.08 Å². The number of carbonyl (C=O) groups is 3. The van der Waals surface area contributed by atoms with Crippen molar-refractivity contribution in [1.29, 1.82) is 0 Å². The van der Waals surface area contributed by atoms with Crippen LogP contribution in [-0.4, -0.2) is 28.9 Å². The summed E-state index contributed by atoms with van der Waals surface area (Å²) < 4.78 is 0.799. The summed E-state index contributed by atoms with van der Waals surface area (Å²) in [5.41, 5.74) is 1.75. The van der Waals surface area contributed by atoms with Gasteiger partial charge in [-0.25, -0.2) is 4.79 Å². The van der Waals surface area contributed by atoms with Crippen LogP contribution in [0.15, 0.2) is 95.1 Å². The van der Waals surface area contributed by atoms with Gasteiger partial charge in [-0.1, -0.05) is 76.6 Å². The maximum atomic E-state index is 13.0. The first-order valence-corrected chi connectivity index (χ1v) is 10.6. The number of carboxylic acids is 1. The SMILES string of the molecule is O=C(NC(Cc1ccccc1)C(=O)O)C(=Cc1cccc(Br)c1)NC(=O)c1ccccc1. The summed E-state index contributed by atoms with van der Waals surface area (Å²) in [6.07, 6.45) is 1.61. The summed E-state index contributed by atoms with van der Waals surface area (Å²) in [6.45, 7) is 0. The molecule has 162 valence electrons. The molecule has 3 aromatic rings. The van der Waals surface area contributed by atoms with Gasteiger partial charge in [-0.3, -0.25) is 9.59 Å². The first-order chi connectivity index (χ1) is 15.4. The van der Waals surface area contributed by atoms with Crippen molar-refractivity contribution in [2.24, 2.45) is 0 Å². The Morgan fingerprint density at radius 2 is 1.56 bits per heavy atom. The van der Waals surface area contributed by atoms with E-state index in [-0.39, 0.29) is 12.1 Å². The van der Waals surface area contributed by atoms with Gasteiger partial charge in [-0.15, -0.1) is 0 Å².